The standard InChI is InChI=1S/C15H23NO/c1-4-8-14-9-5-6-10-15(14)17-12-7-11-16-13(2)3/h4-6,8-10,13,16H,7,11-12H2,1-3H3. The summed E-state index contributed by atoms with van der Waals surface area (Å²) in [6, 6.07) is 8.68. The second-order valence-electron chi connectivity index (χ2n) is 4.35. The van der Waals surface area contributed by atoms with Gasteiger partial charge in [-0.1, -0.05) is 44.2 Å². The summed E-state index contributed by atoms with van der Waals surface area (Å²) in [4.78, 5) is 0. The molecule has 0 unspecified atom stereocenters. The van der Waals surface area contributed by atoms with Gasteiger partial charge in [0.15, 0.2) is 0 Å². The molecule has 17 heavy (non-hydrogen) atoms. The van der Waals surface area contributed by atoms with Crippen LogP contribution in [0, 0.1) is 0 Å². The molecule has 0 heterocycles. The Bertz CT molecular complexity index is 345. The molecule has 94 valence electrons. The van der Waals surface area contributed by atoms with Gasteiger partial charge in [-0.3, -0.25) is 0 Å². The fraction of sp³-hybridized carbons (Fsp3) is 0.467. The van der Waals surface area contributed by atoms with Gasteiger partial charge in [-0.25, -0.2) is 0 Å². The first-order valence-corrected chi connectivity index (χ1v) is 6.32. The van der Waals surface area contributed by atoms with Crippen molar-refractivity contribution in [1.29, 1.82) is 0 Å². The van der Waals surface area contributed by atoms with Crippen LogP contribution < -0.4 is 10.1 Å². The molecule has 1 aromatic rings. The molecule has 0 bridgehead atoms. The van der Waals surface area contributed by atoms with Gasteiger partial charge < -0.3 is 10.1 Å². The Morgan fingerprint density at radius 3 is 2.76 bits per heavy atom. The molecule has 2 nitrogen and oxygen atoms in total. The minimum atomic E-state index is 0.547. The van der Waals surface area contributed by atoms with Crippen molar-refractivity contribution in [3.63, 3.8) is 0 Å². The summed E-state index contributed by atoms with van der Waals surface area (Å²) in [5, 5.41) is 3.38. The maximum absolute atomic E-state index is 5.78. The third-order valence-electron chi connectivity index (χ3n) is 2.40. The molecule has 0 amide bonds. The summed E-state index contributed by atoms with van der Waals surface area (Å²) in [6.07, 6.45) is 5.13. The van der Waals surface area contributed by atoms with Gasteiger partial charge in [-0.05, 0) is 26.0 Å². The van der Waals surface area contributed by atoms with Crippen LogP contribution in [0.4, 0.5) is 0 Å². The van der Waals surface area contributed by atoms with Crippen LogP contribution >= 0.6 is 0 Å². The van der Waals surface area contributed by atoms with Crippen LogP contribution in [0.3, 0.4) is 0 Å². The third kappa shape index (κ3) is 5.55. The highest BCUT2D eigenvalue weighted by Gasteiger charge is 1.99. The van der Waals surface area contributed by atoms with Gasteiger partial charge in [-0.2, -0.15) is 0 Å². The number of nitrogens with one attached hydrogen (secondary N) is 1. The van der Waals surface area contributed by atoms with Crippen LogP contribution in [0.2, 0.25) is 0 Å². The van der Waals surface area contributed by atoms with E-state index in [0.717, 1.165) is 30.9 Å². The van der Waals surface area contributed by atoms with Crippen LogP contribution in [-0.2, 0) is 0 Å². The molecule has 1 N–H and O–H groups in total. The Kier molecular flexibility index (Phi) is 6.41. The van der Waals surface area contributed by atoms with E-state index in [1.54, 1.807) is 0 Å². The highest BCUT2D eigenvalue weighted by atomic mass is 16.5. The van der Waals surface area contributed by atoms with Crippen molar-refractivity contribution in [1.82, 2.24) is 5.32 Å². The number of benzene rings is 1. The lowest BCUT2D eigenvalue weighted by Crippen LogP contribution is -2.24. The smallest absolute Gasteiger partial charge is 0.126 e. The predicted octanol–water partition coefficient (Wildman–Crippen LogP) is 3.49. The first-order valence-electron chi connectivity index (χ1n) is 6.32. The van der Waals surface area contributed by atoms with Crippen molar-refractivity contribution < 1.29 is 4.74 Å². The molecule has 0 saturated heterocycles. The number of ether oxygens (including phenoxy) is 1. The Morgan fingerprint density at radius 2 is 2.06 bits per heavy atom. The van der Waals surface area contributed by atoms with Crippen molar-refractivity contribution in [3.05, 3.63) is 35.9 Å². The lowest BCUT2D eigenvalue weighted by molar-refractivity contribution is 0.305. The second-order valence-corrected chi connectivity index (χ2v) is 4.35. The van der Waals surface area contributed by atoms with Crippen LogP contribution in [0.1, 0.15) is 32.8 Å². The first-order chi connectivity index (χ1) is 8.24. The van der Waals surface area contributed by atoms with Crippen LogP contribution in [0.5, 0.6) is 5.75 Å². The van der Waals surface area contributed by atoms with Gasteiger partial charge in [0.1, 0.15) is 5.75 Å². The van der Waals surface area contributed by atoms with Gasteiger partial charge in [0, 0.05) is 11.6 Å². The van der Waals surface area contributed by atoms with Gasteiger partial charge >= 0.3 is 0 Å². The molecule has 0 saturated carbocycles. The summed E-state index contributed by atoms with van der Waals surface area (Å²) < 4.78 is 5.78. The molecule has 0 aliphatic carbocycles. The van der Waals surface area contributed by atoms with Crippen molar-refractivity contribution in [3.8, 4) is 5.75 Å². The lowest BCUT2D eigenvalue weighted by Gasteiger charge is -2.10. The van der Waals surface area contributed by atoms with E-state index in [9.17, 15) is 0 Å². The molecule has 0 radical (unpaired) electrons. The molecule has 0 spiro atoms. The van der Waals surface area contributed by atoms with Crippen molar-refractivity contribution >= 4 is 6.08 Å². The number of rotatable bonds is 7. The van der Waals surface area contributed by atoms with Crippen molar-refractivity contribution in [2.75, 3.05) is 13.2 Å². The fourth-order valence-electron chi connectivity index (χ4n) is 1.57. The van der Waals surface area contributed by atoms with Crippen molar-refractivity contribution in [2.45, 2.75) is 33.2 Å². The maximum atomic E-state index is 5.78. The quantitative estimate of drug-likeness (QED) is 0.728. The zero-order valence-electron chi connectivity index (χ0n) is 11.1. The van der Waals surface area contributed by atoms with Crippen LogP contribution in [0.15, 0.2) is 30.3 Å². The molecule has 0 aromatic heterocycles. The maximum Gasteiger partial charge on any atom is 0.126 e. The SMILES string of the molecule is CC=Cc1ccccc1OCCCNC(C)C. The largest absolute Gasteiger partial charge is 0.493 e. The van der Waals surface area contributed by atoms with Gasteiger partial charge in [-0.15, -0.1) is 0 Å². The molecular formula is C15H23NO. The van der Waals surface area contributed by atoms with Gasteiger partial charge in [0.05, 0.1) is 6.61 Å². The highest BCUT2D eigenvalue weighted by molar-refractivity contribution is 5.56. The number of allylic oxidation sites excluding steroid dienone is 1. The van der Waals surface area contributed by atoms with Crippen LogP contribution in [0.25, 0.3) is 6.08 Å². The van der Waals surface area contributed by atoms with E-state index >= 15 is 0 Å². The van der Waals surface area contributed by atoms with E-state index in [0.29, 0.717) is 6.04 Å². The van der Waals surface area contributed by atoms with E-state index in [4.69, 9.17) is 4.74 Å². The summed E-state index contributed by atoms with van der Waals surface area (Å²) in [5.74, 6) is 0.968. The Morgan fingerprint density at radius 1 is 1.29 bits per heavy atom. The van der Waals surface area contributed by atoms with E-state index in [2.05, 4.69) is 31.3 Å². The van der Waals surface area contributed by atoms with Crippen molar-refractivity contribution in [2.24, 2.45) is 0 Å². The lowest BCUT2D eigenvalue weighted by atomic mass is 10.2. The Labute approximate surface area is 105 Å². The van der Waals surface area contributed by atoms with Gasteiger partial charge in [0.2, 0.25) is 0 Å². The average Bonchev–Trinajstić information content (AvgIpc) is 2.31. The molecular weight excluding hydrogens is 210 g/mol. The predicted molar refractivity (Wildman–Crippen MR) is 74.4 cm³/mol. The third-order valence-corrected chi connectivity index (χ3v) is 2.40. The summed E-state index contributed by atoms with van der Waals surface area (Å²) >= 11 is 0. The second kappa shape index (κ2) is 7.91. The van der Waals surface area contributed by atoms with Crippen LogP contribution in [-0.4, -0.2) is 19.2 Å². The fourth-order valence-corrected chi connectivity index (χ4v) is 1.57. The van der Waals surface area contributed by atoms with E-state index < -0.39 is 0 Å². The van der Waals surface area contributed by atoms with E-state index in [1.165, 1.54) is 0 Å². The van der Waals surface area contributed by atoms with E-state index in [1.807, 2.05) is 31.2 Å². The minimum Gasteiger partial charge on any atom is -0.493 e. The first kappa shape index (κ1) is 13.8. The molecule has 0 aliphatic heterocycles. The summed E-state index contributed by atoms with van der Waals surface area (Å²) in [6.45, 7) is 8.09. The summed E-state index contributed by atoms with van der Waals surface area (Å²) in [7, 11) is 0. The minimum absolute atomic E-state index is 0.547. The molecule has 0 fully saturated rings. The number of hydrogen-bond donors (Lipinski definition) is 1. The zero-order chi connectivity index (χ0) is 12.5. The van der Waals surface area contributed by atoms with E-state index in [-0.39, 0.29) is 0 Å². The van der Waals surface area contributed by atoms with Gasteiger partial charge in [0.25, 0.3) is 0 Å². The highest BCUT2D eigenvalue weighted by Crippen LogP contribution is 2.19. The summed E-state index contributed by atoms with van der Waals surface area (Å²) in [5.41, 5.74) is 1.15. The molecule has 2 heteroatoms. The normalized spacial score (nSPS) is 11.3. The monoisotopic (exact) mass is 233 g/mol. The molecule has 1 aromatic carbocycles. The zero-order valence-corrected chi connectivity index (χ0v) is 11.1. The molecule has 0 aliphatic rings. The Balaban J connectivity index is 2.36. The molecule has 0 atom stereocenters. The average molecular weight is 233 g/mol. The number of para-hydroxylation sites is 1. The Hall–Kier alpha value is -1.28. The topological polar surface area (TPSA) is 21.3 Å². The number of hydrogen-bond acceptors (Lipinski definition) is 2. The molecule has 1 rings (SSSR count).